The van der Waals surface area contributed by atoms with Gasteiger partial charge in [-0.05, 0) is 18.3 Å². The number of anilines is 1. The second-order valence-electron chi connectivity index (χ2n) is 6.88. The van der Waals surface area contributed by atoms with Gasteiger partial charge in [-0.15, -0.1) is 0 Å². The zero-order valence-corrected chi connectivity index (χ0v) is 13.3. The van der Waals surface area contributed by atoms with Gasteiger partial charge in [0.05, 0.1) is 11.9 Å². The summed E-state index contributed by atoms with van der Waals surface area (Å²) < 4.78 is 0. The lowest BCUT2D eigenvalue weighted by Crippen LogP contribution is -2.39. The number of rotatable bonds is 4. The second-order valence-corrected chi connectivity index (χ2v) is 6.88. The molecular formula is C16H25N3O2. The van der Waals surface area contributed by atoms with Crippen molar-refractivity contribution < 1.29 is 9.90 Å². The van der Waals surface area contributed by atoms with Crippen LogP contribution in [0.1, 0.15) is 75.6 Å². The van der Waals surface area contributed by atoms with E-state index in [1.165, 1.54) is 12.8 Å². The molecule has 1 unspecified atom stereocenters. The topological polar surface area (TPSA) is 75.1 Å². The van der Waals surface area contributed by atoms with Crippen molar-refractivity contribution in [3.8, 4) is 0 Å². The van der Waals surface area contributed by atoms with E-state index in [4.69, 9.17) is 0 Å². The largest absolute Gasteiger partial charge is 0.476 e. The van der Waals surface area contributed by atoms with Gasteiger partial charge in [-0.3, -0.25) is 0 Å². The summed E-state index contributed by atoms with van der Waals surface area (Å²) in [6.07, 6.45) is 6.24. The standard InChI is InChI=1S/C16H25N3O2/c1-10(2)14-17-9-11(13(19-14)15(20)21)18-12-7-5-6-8-16(12,3)4/h9-10,12,18H,5-8H2,1-4H3,(H,20,21). The average Bonchev–Trinajstić information content (AvgIpc) is 2.41. The number of aromatic nitrogens is 2. The van der Waals surface area contributed by atoms with E-state index in [1.54, 1.807) is 6.20 Å². The molecule has 1 aromatic heterocycles. The van der Waals surface area contributed by atoms with Crippen molar-refractivity contribution in [2.75, 3.05) is 5.32 Å². The van der Waals surface area contributed by atoms with Crippen LogP contribution < -0.4 is 5.32 Å². The Balaban J connectivity index is 2.28. The minimum atomic E-state index is -1.00. The third kappa shape index (κ3) is 3.52. The lowest BCUT2D eigenvalue weighted by atomic mass is 9.73. The minimum absolute atomic E-state index is 0.0788. The molecule has 5 heteroatoms. The van der Waals surface area contributed by atoms with Gasteiger partial charge in [-0.1, -0.05) is 40.5 Å². The minimum Gasteiger partial charge on any atom is -0.476 e. The Morgan fingerprint density at radius 3 is 2.71 bits per heavy atom. The van der Waals surface area contributed by atoms with Crippen LogP contribution in [0.5, 0.6) is 0 Å². The molecule has 0 radical (unpaired) electrons. The Hall–Kier alpha value is -1.65. The average molecular weight is 291 g/mol. The summed E-state index contributed by atoms with van der Waals surface area (Å²) in [6, 6.07) is 0.262. The number of carboxylic acid groups (broad SMARTS) is 1. The lowest BCUT2D eigenvalue weighted by Gasteiger charge is -2.39. The van der Waals surface area contributed by atoms with Gasteiger partial charge < -0.3 is 10.4 Å². The third-order valence-electron chi connectivity index (χ3n) is 4.36. The predicted molar refractivity (Wildman–Crippen MR) is 82.7 cm³/mol. The van der Waals surface area contributed by atoms with Gasteiger partial charge in [-0.25, -0.2) is 14.8 Å². The van der Waals surface area contributed by atoms with E-state index < -0.39 is 5.97 Å². The summed E-state index contributed by atoms with van der Waals surface area (Å²) in [6.45, 7) is 8.37. The van der Waals surface area contributed by atoms with Crippen molar-refractivity contribution in [1.82, 2.24) is 9.97 Å². The highest BCUT2D eigenvalue weighted by molar-refractivity contribution is 5.91. The summed E-state index contributed by atoms with van der Waals surface area (Å²) in [5.41, 5.74) is 0.770. The molecule has 0 spiro atoms. The molecule has 116 valence electrons. The van der Waals surface area contributed by atoms with Gasteiger partial charge in [0.15, 0.2) is 5.69 Å². The monoisotopic (exact) mass is 291 g/mol. The van der Waals surface area contributed by atoms with E-state index in [0.29, 0.717) is 11.5 Å². The second kappa shape index (κ2) is 6.00. The van der Waals surface area contributed by atoms with Crippen LogP contribution in [0.15, 0.2) is 6.20 Å². The number of nitrogens with zero attached hydrogens (tertiary/aromatic N) is 2. The lowest BCUT2D eigenvalue weighted by molar-refractivity contribution is 0.0690. The van der Waals surface area contributed by atoms with Gasteiger partial charge >= 0.3 is 5.97 Å². The molecule has 0 bridgehead atoms. The van der Waals surface area contributed by atoms with Crippen LogP contribution in [0.2, 0.25) is 0 Å². The molecule has 1 atom stereocenters. The highest BCUT2D eigenvalue weighted by atomic mass is 16.4. The Morgan fingerprint density at radius 1 is 1.43 bits per heavy atom. The number of nitrogens with one attached hydrogen (secondary N) is 1. The van der Waals surface area contributed by atoms with E-state index in [9.17, 15) is 9.90 Å². The quantitative estimate of drug-likeness (QED) is 0.885. The Bertz CT molecular complexity index is 526. The van der Waals surface area contributed by atoms with Gasteiger partial charge in [0.1, 0.15) is 5.82 Å². The number of carbonyl (C=O) groups is 1. The third-order valence-corrected chi connectivity index (χ3v) is 4.36. The van der Waals surface area contributed by atoms with Gasteiger partial charge in [0, 0.05) is 12.0 Å². The summed E-state index contributed by atoms with van der Waals surface area (Å²) >= 11 is 0. The Kier molecular flexibility index (Phi) is 4.49. The van der Waals surface area contributed by atoms with Crippen LogP contribution in [-0.4, -0.2) is 27.1 Å². The zero-order chi connectivity index (χ0) is 15.6. The first-order valence-electron chi connectivity index (χ1n) is 7.68. The first-order valence-corrected chi connectivity index (χ1v) is 7.68. The molecular weight excluding hydrogens is 266 g/mol. The summed E-state index contributed by atoms with van der Waals surface area (Å²) in [5.74, 6) is -0.320. The maximum Gasteiger partial charge on any atom is 0.356 e. The summed E-state index contributed by atoms with van der Waals surface area (Å²) in [4.78, 5) is 20.0. The van der Waals surface area contributed by atoms with Crippen molar-refractivity contribution in [2.45, 2.75) is 65.3 Å². The molecule has 1 aromatic rings. The van der Waals surface area contributed by atoms with Gasteiger partial charge in [0.2, 0.25) is 0 Å². The van der Waals surface area contributed by atoms with Crippen molar-refractivity contribution in [3.05, 3.63) is 17.7 Å². The Labute approximate surface area is 126 Å². The molecule has 1 aliphatic rings. The molecule has 21 heavy (non-hydrogen) atoms. The van der Waals surface area contributed by atoms with Crippen molar-refractivity contribution in [2.24, 2.45) is 5.41 Å². The zero-order valence-electron chi connectivity index (χ0n) is 13.3. The fraction of sp³-hybridized carbons (Fsp3) is 0.688. The number of hydrogen-bond donors (Lipinski definition) is 2. The molecule has 0 amide bonds. The number of hydrogen-bond acceptors (Lipinski definition) is 4. The van der Waals surface area contributed by atoms with Crippen LogP contribution in [0, 0.1) is 5.41 Å². The fourth-order valence-electron chi connectivity index (χ4n) is 2.89. The maximum atomic E-state index is 11.5. The van der Waals surface area contributed by atoms with Crippen LogP contribution >= 0.6 is 0 Å². The van der Waals surface area contributed by atoms with Crippen molar-refractivity contribution >= 4 is 11.7 Å². The van der Waals surface area contributed by atoms with E-state index >= 15 is 0 Å². The van der Waals surface area contributed by atoms with Gasteiger partial charge in [-0.2, -0.15) is 0 Å². The first kappa shape index (κ1) is 15.7. The van der Waals surface area contributed by atoms with Gasteiger partial charge in [0.25, 0.3) is 0 Å². The first-order chi connectivity index (χ1) is 9.81. The molecule has 0 aliphatic heterocycles. The number of aromatic carboxylic acids is 1. The van der Waals surface area contributed by atoms with E-state index in [1.807, 2.05) is 13.8 Å². The van der Waals surface area contributed by atoms with Crippen LogP contribution in [-0.2, 0) is 0 Å². The Morgan fingerprint density at radius 2 is 2.14 bits per heavy atom. The van der Waals surface area contributed by atoms with E-state index in [-0.39, 0.29) is 23.1 Å². The highest BCUT2D eigenvalue weighted by Crippen LogP contribution is 2.37. The van der Waals surface area contributed by atoms with Crippen LogP contribution in [0.4, 0.5) is 5.69 Å². The van der Waals surface area contributed by atoms with Crippen molar-refractivity contribution in [1.29, 1.82) is 0 Å². The molecule has 2 rings (SSSR count). The summed E-state index contributed by atoms with van der Waals surface area (Å²) in [7, 11) is 0. The molecule has 2 N–H and O–H groups in total. The van der Waals surface area contributed by atoms with Crippen molar-refractivity contribution in [3.63, 3.8) is 0 Å². The molecule has 5 nitrogen and oxygen atoms in total. The van der Waals surface area contributed by atoms with E-state index in [2.05, 4.69) is 29.1 Å². The molecule has 1 heterocycles. The van der Waals surface area contributed by atoms with E-state index in [0.717, 1.165) is 12.8 Å². The normalized spacial score (nSPS) is 21.3. The van der Waals surface area contributed by atoms with Crippen LogP contribution in [0.3, 0.4) is 0 Å². The predicted octanol–water partition coefficient (Wildman–Crippen LogP) is 3.68. The highest BCUT2D eigenvalue weighted by Gasteiger charge is 2.33. The maximum absolute atomic E-state index is 11.5. The van der Waals surface area contributed by atoms with Crippen LogP contribution in [0.25, 0.3) is 0 Å². The smallest absolute Gasteiger partial charge is 0.356 e. The SMILES string of the molecule is CC(C)c1ncc(NC2CCCCC2(C)C)c(C(=O)O)n1. The molecule has 1 fully saturated rings. The molecule has 1 aliphatic carbocycles. The molecule has 0 aromatic carbocycles. The number of carboxylic acids is 1. The molecule has 0 saturated heterocycles. The molecule has 1 saturated carbocycles. The fourth-order valence-corrected chi connectivity index (χ4v) is 2.89. The summed E-state index contributed by atoms with van der Waals surface area (Å²) in [5, 5.41) is 12.8.